The van der Waals surface area contributed by atoms with E-state index in [4.69, 9.17) is 24.5 Å². The molecule has 4 heterocycles. The normalized spacial score (nSPS) is 20.6. The Labute approximate surface area is 217 Å². The summed E-state index contributed by atoms with van der Waals surface area (Å²) in [7, 11) is 1.77. The van der Waals surface area contributed by atoms with Crippen molar-refractivity contribution < 1.29 is 55.7 Å². The van der Waals surface area contributed by atoms with Gasteiger partial charge in [0.1, 0.15) is 5.69 Å². The Kier molecular flexibility index (Phi) is 10.8. The van der Waals surface area contributed by atoms with E-state index >= 15 is 0 Å². The maximum absolute atomic E-state index is 12.3. The number of fused-ring (bicyclic) bond motifs is 1. The van der Waals surface area contributed by atoms with Crippen molar-refractivity contribution in [3.8, 4) is 0 Å². The van der Waals surface area contributed by atoms with Gasteiger partial charge in [0.05, 0.1) is 12.7 Å². The summed E-state index contributed by atoms with van der Waals surface area (Å²) < 4.78 is 71.0. The predicted molar refractivity (Wildman–Crippen MR) is 119 cm³/mol. The number of alkyl halides is 6. The quantitative estimate of drug-likeness (QED) is 0.460. The largest absolute Gasteiger partial charge is 0.490 e. The van der Waals surface area contributed by atoms with E-state index in [9.17, 15) is 31.1 Å². The molecular formula is C22H25F6N5O6. The van der Waals surface area contributed by atoms with Gasteiger partial charge in [0.15, 0.2) is 0 Å². The molecule has 4 rings (SSSR count). The third-order valence-corrected chi connectivity index (χ3v) is 5.71. The molecule has 2 aromatic rings. The lowest BCUT2D eigenvalue weighted by Crippen LogP contribution is -2.35. The number of carboxylic acid groups (broad SMARTS) is 2. The number of rotatable bonds is 5. The number of aromatic nitrogens is 3. The number of hydrogen-bond acceptors (Lipinski definition) is 7. The van der Waals surface area contributed by atoms with Crippen molar-refractivity contribution in [2.75, 3.05) is 26.2 Å². The Morgan fingerprint density at radius 2 is 1.67 bits per heavy atom. The molecule has 0 aliphatic carbocycles. The lowest BCUT2D eigenvalue weighted by Gasteiger charge is -2.20. The van der Waals surface area contributed by atoms with E-state index in [0.29, 0.717) is 24.1 Å². The molecule has 17 heteroatoms. The first-order valence-electron chi connectivity index (χ1n) is 11.2. The van der Waals surface area contributed by atoms with Gasteiger partial charge < -0.3 is 20.3 Å². The molecule has 2 aliphatic heterocycles. The summed E-state index contributed by atoms with van der Waals surface area (Å²) in [4.78, 5) is 36.6. The van der Waals surface area contributed by atoms with Crippen LogP contribution in [0.15, 0.2) is 36.8 Å². The van der Waals surface area contributed by atoms with Crippen molar-refractivity contribution in [3.05, 3.63) is 48.0 Å². The van der Waals surface area contributed by atoms with Crippen molar-refractivity contribution in [2.45, 2.75) is 25.0 Å². The van der Waals surface area contributed by atoms with Gasteiger partial charge in [-0.15, -0.1) is 0 Å². The first-order chi connectivity index (χ1) is 18.1. The van der Waals surface area contributed by atoms with Crippen LogP contribution in [0.1, 0.15) is 16.1 Å². The highest BCUT2D eigenvalue weighted by molar-refractivity contribution is 5.92. The highest BCUT2D eigenvalue weighted by Gasteiger charge is 2.43. The van der Waals surface area contributed by atoms with Crippen LogP contribution in [0, 0.1) is 11.8 Å². The van der Waals surface area contributed by atoms with E-state index in [1.54, 1.807) is 30.2 Å². The van der Waals surface area contributed by atoms with Gasteiger partial charge in [-0.25, -0.2) is 9.59 Å². The van der Waals surface area contributed by atoms with Crippen LogP contribution in [0.2, 0.25) is 0 Å². The average molecular weight is 569 g/mol. The highest BCUT2D eigenvalue weighted by Crippen LogP contribution is 2.34. The van der Waals surface area contributed by atoms with Crippen LogP contribution < -0.4 is 5.32 Å². The zero-order chi connectivity index (χ0) is 29.4. The molecule has 11 nitrogen and oxygen atoms in total. The van der Waals surface area contributed by atoms with Crippen molar-refractivity contribution >= 4 is 17.8 Å². The number of ether oxygens (including phenoxy) is 1. The van der Waals surface area contributed by atoms with Gasteiger partial charge in [-0.2, -0.15) is 31.4 Å². The molecule has 0 unspecified atom stereocenters. The monoisotopic (exact) mass is 569 g/mol. The zero-order valence-electron chi connectivity index (χ0n) is 20.3. The van der Waals surface area contributed by atoms with E-state index in [1.165, 1.54) is 5.56 Å². The number of carboxylic acids is 2. The lowest BCUT2D eigenvalue weighted by atomic mass is 9.93. The van der Waals surface area contributed by atoms with Gasteiger partial charge in [0.2, 0.25) is 0 Å². The minimum absolute atomic E-state index is 0.0753. The number of carbonyl (C=O) groups excluding carboxylic acids is 1. The van der Waals surface area contributed by atoms with Gasteiger partial charge in [-0.05, 0) is 17.7 Å². The number of nitrogens with one attached hydrogen (secondary N) is 1. The second-order valence-electron chi connectivity index (χ2n) is 8.51. The smallest absolute Gasteiger partial charge is 0.475 e. The summed E-state index contributed by atoms with van der Waals surface area (Å²) in [5.41, 5.74) is 1.81. The summed E-state index contributed by atoms with van der Waals surface area (Å²) >= 11 is 0. The Bertz CT molecular complexity index is 1090. The van der Waals surface area contributed by atoms with E-state index < -0.39 is 24.3 Å². The van der Waals surface area contributed by atoms with E-state index in [1.807, 2.05) is 12.3 Å². The fourth-order valence-corrected chi connectivity index (χ4v) is 3.88. The first-order valence-corrected chi connectivity index (χ1v) is 11.2. The Morgan fingerprint density at radius 3 is 2.15 bits per heavy atom. The van der Waals surface area contributed by atoms with Crippen LogP contribution in [0.25, 0.3) is 0 Å². The van der Waals surface area contributed by atoms with Crippen LogP contribution in [0.3, 0.4) is 0 Å². The van der Waals surface area contributed by atoms with Crippen molar-refractivity contribution in [1.82, 2.24) is 25.0 Å². The van der Waals surface area contributed by atoms with E-state index in [0.717, 1.165) is 26.2 Å². The van der Waals surface area contributed by atoms with Crippen LogP contribution in [0.5, 0.6) is 0 Å². The predicted octanol–water partition coefficient (Wildman–Crippen LogP) is 1.96. The number of halogens is 6. The number of hydrogen-bond donors (Lipinski definition) is 3. The maximum atomic E-state index is 12.3. The molecule has 0 radical (unpaired) electrons. The minimum Gasteiger partial charge on any atom is -0.475 e. The fraction of sp³-hybridized carbons (Fsp3) is 0.500. The number of carbonyl (C=O) groups is 3. The molecule has 1 amide bonds. The van der Waals surface area contributed by atoms with Crippen LogP contribution >= 0.6 is 0 Å². The second-order valence-corrected chi connectivity index (χ2v) is 8.51. The number of aryl methyl sites for hydroxylation is 1. The molecule has 3 atom stereocenters. The second kappa shape index (κ2) is 13.4. The summed E-state index contributed by atoms with van der Waals surface area (Å²) in [6, 6.07) is 5.81. The molecule has 2 aromatic heterocycles. The molecule has 0 bridgehead atoms. The molecule has 3 N–H and O–H groups in total. The van der Waals surface area contributed by atoms with Crippen LogP contribution in [0.4, 0.5) is 26.3 Å². The Balaban J connectivity index is 0.000000317. The number of pyridine rings is 1. The molecule has 0 spiro atoms. The summed E-state index contributed by atoms with van der Waals surface area (Å²) in [5.74, 6) is -4.75. The molecule has 2 fully saturated rings. The molecule has 2 saturated heterocycles. The number of aliphatic carboxylic acids is 2. The molecular weight excluding hydrogens is 544 g/mol. The van der Waals surface area contributed by atoms with Crippen LogP contribution in [-0.4, -0.2) is 92.4 Å². The van der Waals surface area contributed by atoms with Crippen molar-refractivity contribution in [1.29, 1.82) is 0 Å². The standard InChI is InChI=1S/C18H23N5O2.2C2HF3O2/c1-22-16(4-6-21-22)18(24)20-8-14-12-25-17-11-23(10-15(14)17)9-13-3-2-5-19-7-13;2*3-2(4,5)1(6)7/h2-7,14-15,17H,8-12H2,1H3,(H,20,24);2*(H,6,7)/t14-,15-,17-;;/m1../s1. The highest BCUT2D eigenvalue weighted by atomic mass is 19.4. The van der Waals surface area contributed by atoms with Gasteiger partial charge in [-0.3, -0.25) is 19.4 Å². The maximum Gasteiger partial charge on any atom is 0.490 e. The van der Waals surface area contributed by atoms with Crippen molar-refractivity contribution in [2.24, 2.45) is 18.9 Å². The van der Waals surface area contributed by atoms with E-state index in [2.05, 4.69) is 26.4 Å². The van der Waals surface area contributed by atoms with Crippen molar-refractivity contribution in [3.63, 3.8) is 0 Å². The third kappa shape index (κ3) is 9.82. The molecule has 0 saturated carbocycles. The number of amides is 1. The fourth-order valence-electron chi connectivity index (χ4n) is 3.88. The Morgan fingerprint density at radius 1 is 1.05 bits per heavy atom. The van der Waals surface area contributed by atoms with E-state index in [-0.39, 0.29) is 12.0 Å². The minimum atomic E-state index is -5.08. The van der Waals surface area contributed by atoms with Crippen LogP contribution in [-0.2, 0) is 27.9 Å². The number of nitrogens with zero attached hydrogens (tertiary/aromatic N) is 4. The van der Waals surface area contributed by atoms with Gasteiger partial charge in [0, 0.05) is 63.7 Å². The summed E-state index contributed by atoms with van der Waals surface area (Å²) in [6.45, 7) is 4.23. The SMILES string of the molecule is Cn1nccc1C(=O)NC[C@@H]1CO[C@@H]2CN(Cc3cccnc3)C[C@H]12.O=C(O)C(F)(F)F.O=C(O)C(F)(F)F. The van der Waals surface area contributed by atoms with Gasteiger partial charge in [-0.1, -0.05) is 6.07 Å². The molecule has 0 aromatic carbocycles. The molecule has 39 heavy (non-hydrogen) atoms. The topological polar surface area (TPSA) is 147 Å². The van der Waals surface area contributed by atoms with Gasteiger partial charge >= 0.3 is 24.3 Å². The first kappa shape index (κ1) is 31.5. The zero-order valence-corrected chi connectivity index (χ0v) is 20.3. The Hall–Kier alpha value is -3.73. The average Bonchev–Trinajstić information content (AvgIpc) is 3.54. The third-order valence-electron chi connectivity index (χ3n) is 5.71. The molecule has 216 valence electrons. The number of likely N-dealkylation sites (tertiary alicyclic amines) is 1. The summed E-state index contributed by atoms with van der Waals surface area (Å²) in [5, 5.41) is 21.3. The lowest BCUT2D eigenvalue weighted by molar-refractivity contribution is -0.193. The molecule has 2 aliphatic rings. The summed E-state index contributed by atoms with van der Waals surface area (Å²) in [6.07, 6.45) is -4.54. The van der Waals surface area contributed by atoms with Gasteiger partial charge in [0.25, 0.3) is 5.91 Å².